The highest BCUT2D eigenvalue weighted by molar-refractivity contribution is 7.60. The third-order valence-corrected chi connectivity index (χ3v) is 6.18. The number of fused-ring (bicyclic) bond motifs is 2. The van der Waals surface area contributed by atoms with Crippen LogP contribution >= 0.6 is 7.60 Å². The second-order valence-electron chi connectivity index (χ2n) is 7.39. The van der Waals surface area contributed by atoms with Crippen LogP contribution in [0, 0.1) is 0 Å². The van der Waals surface area contributed by atoms with Crippen molar-refractivity contribution in [3.05, 3.63) is 91.0 Å². The number of rotatable bonds is 3. The third-order valence-electron chi connectivity index (χ3n) is 5.34. The molecular formula is C25H18NO4P. The molecule has 0 bridgehead atoms. The molecule has 0 atom stereocenters. The van der Waals surface area contributed by atoms with Crippen LogP contribution in [0.4, 0.5) is 0 Å². The summed E-state index contributed by atoms with van der Waals surface area (Å²) in [6, 6.07) is 27.8. The van der Waals surface area contributed by atoms with Crippen molar-refractivity contribution in [3.8, 4) is 28.0 Å². The molecule has 0 radical (unpaired) electrons. The lowest BCUT2D eigenvalue weighted by molar-refractivity contribution is 0.386. The molecule has 4 aromatic carbocycles. The summed E-state index contributed by atoms with van der Waals surface area (Å²) >= 11 is 0. The molecule has 6 heteroatoms. The van der Waals surface area contributed by atoms with E-state index in [0.717, 1.165) is 38.4 Å². The number of phenols is 1. The van der Waals surface area contributed by atoms with E-state index >= 15 is 0 Å². The first-order valence-electron chi connectivity index (χ1n) is 9.69. The van der Waals surface area contributed by atoms with E-state index in [9.17, 15) is 19.5 Å². The highest BCUT2D eigenvalue weighted by Gasteiger charge is 2.21. The van der Waals surface area contributed by atoms with Crippen LogP contribution in [0.2, 0.25) is 0 Å². The van der Waals surface area contributed by atoms with Gasteiger partial charge in [-0.05, 0) is 57.8 Å². The SMILES string of the molecule is O=P(O)(O)c1ccc2cc(-c3cccc(O)c3)cc(-c3cccc4ccccc34)c2n1. The molecule has 1 heterocycles. The van der Waals surface area contributed by atoms with Crippen LogP contribution in [-0.2, 0) is 4.57 Å². The predicted octanol–water partition coefficient (Wildman–Crippen LogP) is 5.23. The van der Waals surface area contributed by atoms with Gasteiger partial charge in [0.25, 0.3) is 0 Å². The molecule has 0 aliphatic rings. The van der Waals surface area contributed by atoms with Crippen molar-refractivity contribution in [3.63, 3.8) is 0 Å². The maximum absolute atomic E-state index is 11.9. The lowest BCUT2D eigenvalue weighted by atomic mass is 9.92. The van der Waals surface area contributed by atoms with E-state index in [0.29, 0.717) is 5.52 Å². The van der Waals surface area contributed by atoms with E-state index in [2.05, 4.69) is 4.98 Å². The topological polar surface area (TPSA) is 90.7 Å². The van der Waals surface area contributed by atoms with Crippen LogP contribution < -0.4 is 5.44 Å². The quantitative estimate of drug-likeness (QED) is 0.343. The van der Waals surface area contributed by atoms with E-state index in [-0.39, 0.29) is 11.2 Å². The van der Waals surface area contributed by atoms with Crippen molar-refractivity contribution in [2.24, 2.45) is 0 Å². The monoisotopic (exact) mass is 427 g/mol. The summed E-state index contributed by atoms with van der Waals surface area (Å²) in [5.41, 5.74) is 3.65. The van der Waals surface area contributed by atoms with Gasteiger partial charge in [-0.2, -0.15) is 0 Å². The van der Waals surface area contributed by atoms with Gasteiger partial charge in [0.15, 0.2) is 5.44 Å². The molecular weight excluding hydrogens is 409 g/mol. The van der Waals surface area contributed by atoms with Gasteiger partial charge < -0.3 is 14.9 Å². The Morgan fingerprint density at radius 3 is 2.26 bits per heavy atom. The highest BCUT2D eigenvalue weighted by Crippen LogP contribution is 2.39. The maximum atomic E-state index is 11.9. The molecule has 0 saturated carbocycles. The lowest BCUT2D eigenvalue weighted by Gasteiger charge is -2.14. The van der Waals surface area contributed by atoms with Gasteiger partial charge in [0.05, 0.1) is 5.52 Å². The zero-order valence-corrected chi connectivity index (χ0v) is 17.2. The summed E-state index contributed by atoms with van der Waals surface area (Å²) in [5, 5.41) is 12.8. The number of nitrogens with zero attached hydrogens (tertiary/aromatic N) is 1. The first kappa shape index (κ1) is 19.5. The molecule has 0 fully saturated rings. The zero-order valence-electron chi connectivity index (χ0n) is 16.3. The van der Waals surface area contributed by atoms with Crippen LogP contribution in [0.3, 0.4) is 0 Å². The molecule has 0 amide bonds. The molecule has 5 rings (SSSR count). The van der Waals surface area contributed by atoms with Gasteiger partial charge >= 0.3 is 7.60 Å². The van der Waals surface area contributed by atoms with Crippen LogP contribution in [0.15, 0.2) is 91.0 Å². The van der Waals surface area contributed by atoms with E-state index in [1.54, 1.807) is 24.3 Å². The van der Waals surface area contributed by atoms with E-state index in [1.165, 1.54) is 6.07 Å². The van der Waals surface area contributed by atoms with Crippen molar-refractivity contribution in [1.82, 2.24) is 4.98 Å². The number of benzene rings is 4. The van der Waals surface area contributed by atoms with E-state index in [4.69, 9.17) is 0 Å². The summed E-state index contributed by atoms with van der Waals surface area (Å²) in [6.07, 6.45) is 0. The smallest absolute Gasteiger partial charge is 0.374 e. The number of aromatic nitrogens is 1. The molecule has 31 heavy (non-hydrogen) atoms. The number of pyridine rings is 1. The Morgan fingerprint density at radius 2 is 1.45 bits per heavy atom. The second kappa shape index (κ2) is 7.33. The van der Waals surface area contributed by atoms with Crippen molar-refractivity contribution in [1.29, 1.82) is 0 Å². The summed E-state index contributed by atoms with van der Waals surface area (Å²) in [4.78, 5) is 23.7. The Bertz CT molecular complexity index is 1500. The minimum atomic E-state index is -4.50. The number of hydrogen-bond acceptors (Lipinski definition) is 3. The van der Waals surface area contributed by atoms with Crippen LogP contribution in [0.1, 0.15) is 0 Å². The summed E-state index contributed by atoms with van der Waals surface area (Å²) in [7, 11) is -4.50. The molecule has 0 saturated heterocycles. The number of aromatic hydroxyl groups is 1. The molecule has 152 valence electrons. The Hall–Kier alpha value is -3.50. The van der Waals surface area contributed by atoms with Gasteiger partial charge in [-0.25, -0.2) is 4.98 Å². The maximum Gasteiger partial charge on any atom is 0.374 e. The van der Waals surface area contributed by atoms with Gasteiger partial charge in [-0.15, -0.1) is 0 Å². The van der Waals surface area contributed by atoms with Crippen molar-refractivity contribution in [2.75, 3.05) is 0 Å². The summed E-state index contributed by atoms with van der Waals surface area (Å²) < 4.78 is 11.9. The summed E-state index contributed by atoms with van der Waals surface area (Å²) in [5.74, 6) is 0.166. The fraction of sp³-hybridized carbons (Fsp3) is 0. The van der Waals surface area contributed by atoms with E-state index in [1.807, 2.05) is 60.7 Å². The Labute approximate surface area is 178 Å². The van der Waals surface area contributed by atoms with Crippen molar-refractivity contribution < 1.29 is 19.5 Å². The third kappa shape index (κ3) is 3.60. The molecule has 0 aliphatic carbocycles. The molecule has 5 nitrogen and oxygen atoms in total. The predicted molar refractivity (Wildman–Crippen MR) is 123 cm³/mol. The Kier molecular flexibility index (Phi) is 4.60. The minimum absolute atomic E-state index is 0.166. The highest BCUT2D eigenvalue weighted by atomic mass is 31.2. The average molecular weight is 427 g/mol. The Morgan fingerprint density at radius 1 is 0.677 bits per heavy atom. The standard InChI is InChI=1S/C25H18NO4P/c27-20-8-3-7-17(14-20)19-13-18-11-12-24(31(28,29)30)26-25(18)23(15-19)22-10-4-6-16-5-1-2-9-21(16)22/h1-15,27H,(H2,28,29,30). The Balaban J connectivity index is 1.88. The average Bonchev–Trinajstić information content (AvgIpc) is 2.77. The largest absolute Gasteiger partial charge is 0.508 e. The second-order valence-corrected chi connectivity index (χ2v) is 8.93. The molecule has 1 aromatic heterocycles. The lowest BCUT2D eigenvalue weighted by Crippen LogP contribution is -2.09. The van der Waals surface area contributed by atoms with Gasteiger partial charge in [0.2, 0.25) is 0 Å². The van der Waals surface area contributed by atoms with E-state index < -0.39 is 7.60 Å². The molecule has 0 aliphatic heterocycles. The van der Waals surface area contributed by atoms with Crippen molar-refractivity contribution >= 4 is 34.7 Å². The molecule has 0 spiro atoms. The normalized spacial score (nSPS) is 11.8. The summed E-state index contributed by atoms with van der Waals surface area (Å²) in [6.45, 7) is 0. The van der Waals surface area contributed by atoms with Crippen molar-refractivity contribution in [2.45, 2.75) is 0 Å². The fourth-order valence-electron chi connectivity index (χ4n) is 3.90. The first-order valence-corrected chi connectivity index (χ1v) is 11.3. The minimum Gasteiger partial charge on any atom is -0.508 e. The van der Waals surface area contributed by atoms with Gasteiger partial charge in [0.1, 0.15) is 5.75 Å². The number of hydrogen-bond donors (Lipinski definition) is 3. The van der Waals surface area contributed by atoms with Gasteiger partial charge in [0, 0.05) is 10.9 Å². The molecule has 0 unspecified atom stereocenters. The van der Waals surface area contributed by atoms with Gasteiger partial charge in [-0.3, -0.25) is 4.57 Å². The first-order chi connectivity index (χ1) is 14.9. The molecule has 3 N–H and O–H groups in total. The van der Waals surface area contributed by atoms with Crippen LogP contribution in [0.5, 0.6) is 5.75 Å². The molecule has 5 aromatic rings. The fourth-order valence-corrected chi connectivity index (χ4v) is 4.40. The van der Waals surface area contributed by atoms with Crippen LogP contribution in [-0.4, -0.2) is 19.9 Å². The number of phenolic OH excluding ortho intramolecular Hbond substituents is 1. The zero-order chi connectivity index (χ0) is 21.6. The van der Waals surface area contributed by atoms with Gasteiger partial charge in [-0.1, -0.05) is 60.7 Å². The van der Waals surface area contributed by atoms with Crippen LogP contribution in [0.25, 0.3) is 43.9 Å².